The second-order valence-electron chi connectivity index (χ2n) is 13.0. The van der Waals surface area contributed by atoms with Crippen LogP contribution in [0.4, 0.5) is 4.39 Å². The summed E-state index contributed by atoms with van der Waals surface area (Å²) >= 11 is 0. The third-order valence-electron chi connectivity index (χ3n) is 7.63. The fourth-order valence-corrected chi connectivity index (χ4v) is 7.96. The van der Waals surface area contributed by atoms with Crippen LogP contribution in [0.1, 0.15) is 52.5 Å². The third kappa shape index (κ3) is 10.9. The van der Waals surface area contributed by atoms with Crippen molar-refractivity contribution in [3.05, 3.63) is 66.0 Å². The molecule has 0 aromatic heterocycles. The molecule has 3 rings (SSSR count). The van der Waals surface area contributed by atoms with Gasteiger partial charge in [-0.25, -0.2) is 25.9 Å². The number of carbonyl (C=O) groups excluding carboxylic acids is 2. The zero-order valence-corrected chi connectivity index (χ0v) is 27.4. The Hall–Kier alpha value is -2.87. The largest absolute Gasteiger partial charge is 0.391 e. The van der Waals surface area contributed by atoms with Crippen LogP contribution >= 0.6 is 0 Å². The molecule has 44 heavy (non-hydrogen) atoms. The molecule has 2 aromatic carbocycles. The Kier molecular flexibility index (Phi) is 11.7. The molecule has 0 heterocycles. The van der Waals surface area contributed by atoms with Crippen molar-refractivity contribution >= 4 is 31.7 Å². The van der Waals surface area contributed by atoms with Gasteiger partial charge in [-0.3, -0.25) is 9.59 Å². The molecule has 1 aliphatic carbocycles. The first kappa shape index (κ1) is 35.6. The van der Waals surface area contributed by atoms with Crippen LogP contribution in [0.25, 0.3) is 0 Å². The van der Waals surface area contributed by atoms with Crippen LogP contribution in [0.3, 0.4) is 0 Å². The quantitative estimate of drug-likeness (QED) is 0.242. The van der Waals surface area contributed by atoms with Crippen molar-refractivity contribution in [3.8, 4) is 0 Å². The molecule has 1 fully saturated rings. The maximum absolute atomic E-state index is 13.6. The van der Waals surface area contributed by atoms with Crippen LogP contribution in [-0.2, 0) is 35.9 Å². The highest BCUT2D eigenvalue weighted by Gasteiger charge is 2.40. The number of nitrogens with one attached hydrogen (secondary N) is 3. The Morgan fingerprint density at radius 2 is 1.61 bits per heavy atom. The van der Waals surface area contributed by atoms with E-state index in [2.05, 4.69) is 22.3 Å². The van der Waals surface area contributed by atoms with E-state index >= 15 is 0 Å². The zero-order valence-electron chi connectivity index (χ0n) is 25.8. The molecule has 0 bridgehead atoms. The lowest BCUT2D eigenvalue weighted by Gasteiger charge is -2.31. The SMILES string of the molecule is CC1CC(CC(O)C(Cc2ccccc2)NC(=O)C(CS(=O)(=O)c2ccc(F)cc2)NS(C)(=O)=O)C(C(=O)NC(C)(C)C)C1. The molecular weight excluding hydrogens is 609 g/mol. The molecule has 0 aliphatic heterocycles. The minimum absolute atomic E-state index is 0.0916. The summed E-state index contributed by atoms with van der Waals surface area (Å²) in [5.41, 5.74) is 0.358. The van der Waals surface area contributed by atoms with Crippen LogP contribution in [-0.4, -0.2) is 69.5 Å². The molecule has 6 unspecified atom stereocenters. The molecule has 0 saturated heterocycles. The van der Waals surface area contributed by atoms with Gasteiger partial charge in [-0.05, 0) is 88.1 Å². The molecule has 13 heteroatoms. The first-order valence-corrected chi connectivity index (χ1v) is 18.2. The number of benzene rings is 2. The lowest BCUT2D eigenvalue weighted by Crippen LogP contribution is -2.55. The van der Waals surface area contributed by atoms with E-state index in [9.17, 15) is 35.9 Å². The number of sulfone groups is 1. The zero-order chi connectivity index (χ0) is 32.9. The second-order valence-corrected chi connectivity index (χ2v) is 16.8. The van der Waals surface area contributed by atoms with E-state index in [1.807, 2.05) is 39.0 Å². The monoisotopic (exact) mass is 653 g/mol. The Labute approximate surface area is 260 Å². The molecule has 2 aromatic rings. The average Bonchev–Trinajstić information content (AvgIpc) is 3.26. The number of hydrogen-bond acceptors (Lipinski definition) is 7. The Morgan fingerprint density at radius 3 is 2.18 bits per heavy atom. The van der Waals surface area contributed by atoms with E-state index in [1.54, 1.807) is 12.1 Å². The van der Waals surface area contributed by atoms with Gasteiger partial charge >= 0.3 is 0 Å². The molecule has 2 amide bonds. The maximum atomic E-state index is 13.6. The van der Waals surface area contributed by atoms with Crippen molar-refractivity contribution in [1.82, 2.24) is 15.4 Å². The molecule has 6 atom stereocenters. The molecule has 0 spiro atoms. The highest BCUT2D eigenvalue weighted by Crippen LogP contribution is 2.39. The van der Waals surface area contributed by atoms with Crippen LogP contribution in [0.2, 0.25) is 0 Å². The van der Waals surface area contributed by atoms with Crippen molar-refractivity contribution in [1.29, 1.82) is 0 Å². The van der Waals surface area contributed by atoms with Crippen LogP contribution in [0.5, 0.6) is 0 Å². The third-order valence-corrected chi connectivity index (χ3v) is 10.1. The van der Waals surface area contributed by atoms with E-state index in [0.29, 0.717) is 12.8 Å². The number of rotatable bonds is 13. The number of aliphatic hydroxyl groups is 1. The number of amides is 2. The smallest absolute Gasteiger partial charge is 0.239 e. The van der Waals surface area contributed by atoms with Gasteiger partial charge in [-0.1, -0.05) is 37.3 Å². The topological polar surface area (TPSA) is 159 Å². The summed E-state index contributed by atoms with van der Waals surface area (Å²) in [6.45, 7) is 7.75. The number of sulfonamides is 1. The van der Waals surface area contributed by atoms with Crippen LogP contribution < -0.4 is 15.4 Å². The summed E-state index contributed by atoms with van der Waals surface area (Å²) < 4.78 is 66.0. The van der Waals surface area contributed by atoms with Crippen molar-refractivity contribution in [2.45, 2.75) is 82.0 Å². The summed E-state index contributed by atoms with van der Waals surface area (Å²) in [4.78, 5) is 26.4. The van der Waals surface area contributed by atoms with Gasteiger partial charge in [0.05, 0.1) is 29.0 Å². The van der Waals surface area contributed by atoms with E-state index in [0.717, 1.165) is 36.1 Å². The van der Waals surface area contributed by atoms with Crippen molar-refractivity contribution in [2.24, 2.45) is 17.8 Å². The fourth-order valence-electron chi connectivity index (χ4n) is 5.74. The molecule has 1 aliphatic rings. The Morgan fingerprint density at radius 1 is 1.00 bits per heavy atom. The highest BCUT2D eigenvalue weighted by atomic mass is 32.2. The van der Waals surface area contributed by atoms with E-state index < -0.39 is 61.1 Å². The highest BCUT2D eigenvalue weighted by molar-refractivity contribution is 7.91. The van der Waals surface area contributed by atoms with Crippen molar-refractivity contribution in [3.63, 3.8) is 0 Å². The molecule has 1 saturated carbocycles. The Balaban J connectivity index is 1.86. The van der Waals surface area contributed by atoms with Gasteiger partial charge in [0.2, 0.25) is 21.8 Å². The lowest BCUT2D eigenvalue weighted by molar-refractivity contribution is -0.128. The number of aliphatic hydroxyl groups excluding tert-OH is 1. The first-order chi connectivity index (χ1) is 20.3. The van der Waals surface area contributed by atoms with Gasteiger partial charge in [0, 0.05) is 11.5 Å². The van der Waals surface area contributed by atoms with Gasteiger partial charge in [0.15, 0.2) is 9.84 Å². The predicted octanol–water partition coefficient (Wildman–Crippen LogP) is 2.57. The molecule has 0 radical (unpaired) electrons. The fraction of sp³-hybridized carbons (Fsp3) is 0.548. The Bertz CT molecular complexity index is 1490. The van der Waals surface area contributed by atoms with Crippen LogP contribution in [0, 0.1) is 23.6 Å². The van der Waals surface area contributed by atoms with Gasteiger partial charge in [0.25, 0.3) is 0 Å². The van der Waals surface area contributed by atoms with Crippen LogP contribution in [0.15, 0.2) is 59.5 Å². The minimum atomic E-state index is -4.23. The van der Waals surface area contributed by atoms with E-state index in [-0.39, 0.29) is 41.4 Å². The van der Waals surface area contributed by atoms with E-state index in [1.165, 1.54) is 0 Å². The van der Waals surface area contributed by atoms with Gasteiger partial charge in [0.1, 0.15) is 11.9 Å². The number of halogens is 1. The van der Waals surface area contributed by atoms with E-state index in [4.69, 9.17) is 0 Å². The molecule has 244 valence electrons. The standard InChI is InChI=1S/C31H44FN3O7S2/c1-20-15-22(25(16-20)29(37)34-31(2,3)4)18-28(36)26(17-21-9-7-6-8-10-21)33-30(38)27(35-43(5,39)40)19-44(41,42)24-13-11-23(32)12-14-24/h6-14,20,22,25-28,35-36H,15-19H2,1-5H3,(H,33,38)(H,34,37). The van der Waals surface area contributed by atoms with Gasteiger partial charge in [-0.15, -0.1) is 0 Å². The average molecular weight is 654 g/mol. The minimum Gasteiger partial charge on any atom is -0.391 e. The molecule has 10 nitrogen and oxygen atoms in total. The second kappa shape index (κ2) is 14.5. The molecular formula is C31H44FN3O7S2. The summed E-state index contributed by atoms with van der Waals surface area (Å²) in [7, 11) is -8.27. The summed E-state index contributed by atoms with van der Waals surface area (Å²) in [5, 5.41) is 17.2. The summed E-state index contributed by atoms with van der Waals surface area (Å²) in [5.74, 6) is -2.85. The predicted molar refractivity (Wildman–Crippen MR) is 166 cm³/mol. The number of hydrogen-bond donors (Lipinski definition) is 4. The number of carbonyl (C=O) groups is 2. The molecule has 4 N–H and O–H groups in total. The normalized spacial score (nSPS) is 21.3. The van der Waals surface area contributed by atoms with Crippen molar-refractivity contribution in [2.75, 3.05) is 12.0 Å². The van der Waals surface area contributed by atoms with Gasteiger partial charge < -0.3 is 15.7 Å². The summed E-state index contributed by atoms with van der Waals surface area (Å²) in [6, 6.07) is 10.4. The summed E-state index contributed by atoms with van der Waals surface area (Å²) in [6.07, 6.45) is 1.41. The maximum Gasteiger partial charge on any atom is 0.239 e. The van der Waals surface area contributed by atoms with Gasteiger partial charge in [-0.2, -0.15) is 0 Å². The van der Waals surface area contributed by atoms with Crippen molar-refractivity contribution < 1.29 is 35.9 Å². The lowest BCUT2D eigenvalue weighted by atomic mass is 9.86. The first-order valence-electron chi connectivity index (χ1n) is 14.6.